The number of carbonyl (C=O) groups excluding carboxylic acids is 1. The summed E-state index contributed by atoms with van der Waals surface area (Å²) in [5.41, 5.74) is 2.20. The van der Waals surface area contributed by atoms with Crippen molar-refractivity contribution in [1.82, 2.24) is 4.90 Å². The number of carbonyl (C=O) groups is 2. The molecule has 1 aliphatic heterocycles. The fourth-order valence-corrected chi connectivity index (χ4v) is 2.85. The molecule has 0 unspecified atom stereocenters. The minimum atomic E-state index is -0.835. The minimum Gasteiger partial charge on any atom is -0.466 e. The van der Waals surface area contributed by atoms with Gasteiger partial charge in [-0.25, -0.2) is 4.79 Å². The number of nitrogens with one attached hydrogen (secondary N) is 1. The van der Waals surface area contributed by atoms with Crippen molar-refractivity contribution in [1.29, 1.82) is 0 Å². The van der Waals surface area contributed by atoms with E-state index in [1.54, 1.807) is 6.92 Å². The molecule has 0 spiro atoms. The van der Waals surface area contributed by atoms with Gasteiger partial charge < -0.3 is 20.1 Å². The Kier molecular flexibility index (Phi) is 6.26. The van der Waals surface area contributed by atoms with Gasteiger partial charge in [-0.2, -0.15) is 0 Å². The van der Waals surface area contributed by atoms with Crippen LogP contribution in [0.4, 0.5) is 10.5 Å². The highest BCUT2D eigenvalue weighted by atomic mass is 16.5. The Morgan fingerprint density at radius 2 is 2.09 bits per heavy atom. The lowest BCUT2D eigenvalue weighted by atomic mass is 9.89. The topological polar surface area (TPSA) is 78.9 Å². The molecule has 2 N–H and O–H groups in total. The molecule has 23 heavy (non-hydrogen) atoms. The molecule has 1 fully saturated rings. The summed E-state index contributed by atoms with van der Waals surface area (Å²) < 4.78 is 4.90. The maximum atomic E-state index is 11.3. The molecule has 1 aromatic rings. The van der Waals surface area contributed by atoms with Crippen molar-refractivity contribution in [2.75, 3.05) is 31.6 Å². The Hall–Kier alpha value is -2.24. The van der Waals surface area contributed by atoms with Gasteiger partial charge in [0.15, 0.2) is 0 Å². The highest BCUT2D eigenvalue weighted by Crippen LogP contribution is 2.29. The van der Waals surface area contributed by atoms with Crippen LogP contribution in [0.5, 0.6) is 0 Å². The van der Waals surface area contributed by atoms with E-state index in [1.165, 1.54) is 10.5 Å². The zero-order chi connectivity index (χ0) is 16.7. The third kappa shape index (κ3) is 5.16. The van der Waals surface area contributed by atoms with Crippen LogP contribution in [0.1, 0.15) is 37.7 Å². The van der Waals surface area contributed by atoms with Gasteiger partial charge in [0.1, 0.15) is 0 Å². The molecule has 6 nitrogen and oxygen atoms in total. The highest BCUT2D eigenvalue weighted by Gasteiger charge is 2.23. The molecule has 0 aliphatic carbocycles. The Balaban J connectivity index is 1.85. The molecule has 2 rings (SSSR count). The molecule has 0 bridgehead atoms. The molecule has 1 amide bonds. The molecular formula is C17H24N2O4. The molecule has 1 saturated heterocycles. The average molecular weight is 320 g/mol. The number of ether oxygens (including phenoxy) is 1. The van der Waals surface area contributed by atoms with Crippen molar-refractivity contribution in [3.05, 3.63) is 29.8 Å². The van der Waals surface area contributed by atoms with E-state index in [9.17, 15) is 9.59 Å². The summed E-state index contributed by atoms with van der Waals surface area (Å²) in [7, 11) is 0. The maximum Gasteiger partial charge on any atom is 0.407 e. The Morgan fingerprint density at radius 1 is 1.35 bits per heavy atom. The molecular weight excluding hydrogens is 296 g/mol. The van der Waals surface area contributed by atoms with E-state index in [2.05, 4.69) is 17.4 Å². The molecule has 0 atom stereocenters. The number of piperidine rings is 1. The lowest BCUT2D eigenvalue weighted by molar-refractivity contribution is -0.142. The van der Waals surface area contributed by atoms with E-state index in [0.29, 0.717) is 38.6 Å². The number of benzene rings is 1. The third-order valence-electron chi connectivity index (χ3n) is 4.09. The second kappa shape index (κ2) is 8.41. The van der Waals surface area contributed by atoms with Gasteiger partial charge in [0.2, 0.25) is 0 Å². The van der Waals surface area contributed by atoms with Crippen molar-refractivity contribution in [3.8, 4) is 0 Å². The first-order valence-corrected chi connectivity index (χ1v) is 8.07. The molecule has 0 radical (unpaired) electrons. The summed E-state index contributed by atoms with van der Waals surface area (Å²) in [6, 6.07) is 8.14. The van der Waals surface area contributed by atoms with Gasteiger partial charge in [-0.15, -0.1) is 0 Å². The number of rotatable bonds is 6. The fourth-order valence-electron chi connectivity index (χ4n) is 2.85. The van der Waals surface area contributed by atoms with Crippen LogP contribution in [0.2, 0.25) is 0 Å². The van der Waals surface area contributed by atoms with E-state index < -0.39 is 6.09 Å². The van der Waals surface area contributed by atoms with Gasteiger partial charge >= 0.3 is 12.1 Å². The van der Waals surface area contributed by atoms with Crippen LogP contribution in [-0.2, 0) is 9.53 Å². The lowest BCUT2D eigenvalue weighted by Gasteiger charge is -2.30. The fraction of sp³-hybridized carbons (Fsp3) is 0.529. The molecule has 0 saturated carbocycles. The summed E-state index contributed by atoms with van der Waals surface area (Å²) in [6.45, 7) is 3.91. The zero-order valence-electron chi connectivity index (χ0n) is 13.5. The average Bonchev–Trinajstić information content (AvgIpc) is 2.55. The molecule has 6 heteroatoms. The summed E-state index contributed by atoms with van der Waals surface area (Å²) in [4.78, 5) is 23.7. The van der Waals surface area contributed by atoms with Gasteiger partial charge in [0, 0.05) is 25.3 Å². The van der Waals surface area contributed by atoms with Crippen molar-refractivity contribution in [2.24, 2.45) is 0 Å². The van der Waals surface area contributed by atoms with Crippen LogP contribution >= 0.6 is 0 Å². The maximum absolute atomic E-state index is 11.3. The largest absolute Gasteiger partial charge is 0.466 e. The Morgan fingerprint density at radius 3 is 2.74 bits per heavy atom. The molecule has 1 heterocycles. The molecule has 126 valence electrons. The number of hydrogen-bond acceptors (Lipinski definition) is 4. The number of hydrogen-bond donors (Lipinski definition) is 2. The zero-order valence-corrected chi connectivity index (χ0v) is 13.5. The Bertz CT molecular complexity index is 539. The van der Waals surface area contributed by atoms with Gasteiger partial charge in [-0.05, 0) is 43.4 Å². The summed E-state index contributed by atoms with van der Waals surface area (Å²) in [6.07, 6.45) is 1.20. The Labute approximate surface area is 136 Å². The standard InChI is InChI=1S/C17H24N2O4/c1-2-23-16(20)6-9-18-15-5-3-4-14(12-15)13-7-10-19(11-8-13)17(21)22/h3-5,12-13,18H,2,6-11H2,1H3,(H,21,22). The summed E-state index contributed by atoms with van der Waals surface area (Å²) >= 11 is 0. The monoisotopic (exact) mass is 320 g/mol. The predicted molar refractivity (Wildman–Crippen MR) is 87.8 cm³/mol. The predicted octanol–water partition coefficient (Wildman–Crippen LogP) is 2.91. The van der Waals surface area contributed by atoms with Crippen molar-refractivity contribution < 1.29 is 19.4 Å². The number of anilines is 1. The summed E-state index contributed by atoms with van der Waals surface area (Å²) in [5, 5.41) is 12.2. The van der Waals surface area contributed by atoms with E-state index in [4.69, 9.17) is 9.84 Å². The van der Waals surface area contributed by atoms with Gasteiger partial charge in [-0.3, -0.25) is 4.79 Å². The van der Waals surface area contributed by atoms with Crippen LogP contribution in [-0.4, -0.2) is 48.3 Å². The van der Waals surface area contributed by atoms with Gasteiger partial charge in [0.05, 0.1) is 13.0 Å². The molecule has 0 aromatic heterocycles. The number of nitrogens with zero attached hydrogens (tertiary/aromatic N) is 1. The quantitative estimate of drug-likeness (QED) is 0.788. The van der Waals surface area contributed by atoms with E-state index in [-0.39, 0.29) is 5.97 Å². The van der Waals surface area contributed by atoms with Crippen LogP contribution in [0, 0.1) is 0 Å². The van der Waals surface area contributed by atoms with Crippen molar-refractivity contribution in [2.45, 2.75) is 32.1 Å². The smallest absolute Gasteiger partial charge is 0.407 e. The van der Waals surface area contributed by atoms with Crippen LogP contribution in [0.3, 0.4) is 0 Å². The second-order valence-electron chi connectivity index (χ2n) is 5.65. The first-order valence-electron chi connectivity index (χ1n) is 8.07. The van der Waals surface area contributed by atoms with Crippen molar-refractivity contribution >= 4 is 17.7 Å². The van der Waals surface area contributed by atoms with Crippen LogP contribution < -0.4 is 5.32 Å². The number of esters is 1. The highest BCUT2D eigenvalue weighted by molar-refractivity contribution is 5.70. The SMILES string of the molecule is CCOC(=O)CCNc1cccc(C2CCN(C(=O)O)CC2)c1. The van der Waals surface area contributed by atoms with Gasteiger partial charge in [0.25, 0.3) is 0 Å². The van der Waals surface area contributed by atoms with E-state index >= 15 is 0 Å². The second-order valence-corrected chi connectivity index (χ2v) is 5.65. The molecule has 1 aliphatic rings. The lowest BCUT2D eigenvalue weighted by Crippen LogP contribution is -2.36. The first-order chi connectivity index (χ1) is 11.1. The van der Waals surface area contributed by atoms with Crippen molar-refractivity contribution in [3.63, 3.8) is 0 Å². The number of carboxylic acid groups (broad SMARTS) is 1. The van der Waals surface area contributed by atoms with Gasteiger partial charge in [-0.1, -0.05) is 12.1 Å². The number of amides is 1. The normalized spacial score (nSPS) is 15.3. The third-order valence-corrected chi connectivity index (χ3v) is 4.09. The van der Waals surface area contributed by atoms with E-state index in [1.807, 2.05) is 12.1 Å². The van der Waals surface area contributed by atoms with Crippen LogP contribution in [0.25, 0.3) is 0 Å². The van der Waals surface area contributed by atoms with E-state index in [0.717, 1.165) is 18.5 Å². The number of likely N-dealkylation sites (tertiary alicyclic amines) is 1. The summed E-state index contributed by atoms with van der Waals surface area (Å²) in [5.74, 6) is 0.189. The first kappa shape index (κ1) is 17.1. The molecule has 1 aromatic carbocycles. The van der Waals surface area contributed by atoms with Crippen LogP contribution in [0.15, 0.2) is 24.3 Å². The minimum absolute atomic E-state index is 0.197.